The summed E-state index contributed by atoms with van der Waals surface area (Å²) in [5.41, 5.74) is 0.122. The van der Waals surface area contributed by atoms with Gasteiger partial charge in [0.15, 0.2) is 0 Å². The molecule has 0 saturated heterocycles. The highest BCUT2D eigenvalue weighted by atomic mass is 32.1. The van der Waals surface area contributed by atoms with Crippen LogP contribution in [0.5, 0.6) is 0 Å². The number of hydrogen-bond acceptors (Lipinski definition) is 7. The van der Waals surface area contributed by atoms with Gasteiger partial charge in [-0.25, -0.2) is 9.36 Å². The van der Waals surface area contributed by atoms with E-state index in [1.54, 1.807) is 0 Å². The van der Waals surface area contributed by atoms with Gasteiger partial charge in [0.1, 0.15) is 0 Å². The number of thiol groups is 1. The van der Waals surface area contributed by atoms with E-state index in [1.807, 2.05) is 0 Å². The molecule has 8 nitrogen and oxygen atoms in total. The Morgan fingerprint density at radius 3 is 2.86 bits per heavy atom. The summed E-state index contributed by atoms with van der Waals surface area (Å²) < 4.78 is 5.41. The minimum Gasteiger partial charge on any atom is -0.295 e. The zero-order valence-electron chi connectivity index (χ0n) is 10.7. The average molecular weight is 307 g/mol. The van der Waals surface area contributed by atoms with Crippen LogP contribution in [0.15, 0.2) is 39.0 Å². The second-order valence-corrected chi connectivity index (χ2v) is 4.27. The molecule has 0 bridgehead atoms. The monoisotopic (exact) mass is 307 g/mol. The largest absolute Gasteiger partial charge is 0.446 e. The number of nitrogens with zero attached hydrogens (tertiary/aromatic N) is 3. The van der Waals surface area contributed by atoms with Crippen molar-refractivity contribution in [2.45, 2.75) is 6.92 Å². The number of benzene rings is 1. The van der Waals surface area contributed by atoms with Gasteiger partial charge in [0.05, 0.1) is 4.92 Å². The Morgan fingerprint density at radius 2 is 2.24 bits per heavy atom. The number of carbonyl (C=O) groups excluding carboxylic acids is 1. The fourth-order valence-corrected chi connectivity index (χ4v) is 1.77. The van der Waals surface area contributed by atoms with Gasteiger partial charge in [0.2, 0.25) is 11.6 Å². The SMILES string of the molecule is C/C(=C/S)n1c(C(=O)c2cccc([N+](=O)[O-])c2)noc1=O. The molecular formula is C12H9N3O5S. The van der Waals surface area contributed by atoms with Crippen molar-refractivity contribution in [2.24, 2.45) is 0 Å². The van der Waals surface area contributed by atoms with E-state index in [0.717, 1.165) is 10.6 Å². The van der Waals surface area contributed by atoms with Crippen molar-refractivity contribution < 1.29 is 14.2 Å². The molecule has 2 rings (SSSR count). The van der Waals surface area contributed by atoms with E-state index < -0.39 is 16.5 Å². The van der Waals surface area contributed by atoms with E-state index in [-0.39, 0.29) is 17.1 Å². The lowest BCUT2D eigenvalue weighted by atomic mass is 10.1. The molecule has 0 N–H and O–H groups in total. The third-order valence-electron chi connectivity index (χ3n) is 2.67. The number of ketones is 1. The van der Waals surface area contributed by atoms with Crippen molar-refractivity contribution in [3.8, 4) is 0 Å². The second kappa shape index (κ2) is 5.75. The van der Waals surface area contributed by atoms with Gasteiger partial charge in [-0.2, -0.15) is 0 Å². The summed E-state index contributed by atoms with van der Waals surface area (Å²) in [6.45, 7) is 1.54. The summed E-state index contributed by atoms with van der Waals surface area (Å²) in [5.74, 6) is -1.78. The van der Waals surface area contributed by atoms with Crippen LogP contribution in [0, 0.1) is 10.1 Å². The number of nitro benzene ring substituents is 1. The van der Waals surface area contributed by atoms with Crippen molar-refractivity contribution in [3.63, 3.8) is 0 Å². The Bertz CT molecular complexity index is 805. The van der Waals surface area contributed by atoms with Crippen LogP contribution in [-0.2, 0) is 0 Å². The van der Waals surface area contributed by atoms with E-state index in [1.165, 1.54) is 30.5 Å². The molecule has 0 radical (unpaired) electrons. The number of non-ortho nitro benzene ring substituents is 1. The molecule has 1 heterocycles. The Morgan fingerprint density at radius 1 is 1.52 bits per heavy atom. The smallest absolute Gasteiger partial charge is 0.295 e. The predicted molar refractivity (Wildman–Crippen MR) is 76.2 cm³/mol. The first kappa shape index (κ1) is 14.7. The number of nitro groups is 1. The van der Waals surface area contributed by atoms with E-state index in [9.17, 15) is 19.7 Å². The minimum atomic E-state index is -0.841. The number of hydrogen-bond donors (Lipinski definition) is 1. The molecule has 21 heavy (non-hydrogen) atoms. The van der Waals surface area contributed by atoms with Gasteiger partial charge in [-0.05, 0) is 12.3 Å². The third-order valence-corrected chi connectivity index (χ3v) is 3.04. The molecule has 0 aliphatic carbocycles. The van der Waals surface area contributed by atoms with Crippen molar-refractivity contribution in [1.82, 2.24) is 9.72 Å². The van der Waals surface area contributed by atoms with Crippen molar-refractivity contribution in [2.75, 3.05) is 0 Å². The molecule has 0 spiro atoms. The Labute approximate surface area is 123 Å². The van der Waals surface area contributed by atoms with Gasteiger partial charge in [-0.1, -0.05) is 17.3 Å². The highest BCUT2D eigenvalue weighted by molar-refractivity contribution is 7.83. The summed E-state index contributed by atoms with van der Waals surface area (Å²) in [4.78, 5) is 34.0. The first-order valence-electron chi connectivity index (χ1n) is 5.65. The lowest BCUT2D eigenvalue weighted by Crippen LogP contribution is -2.18. The molecule has 2 aromatic rings. The molecule has 0 aliphatic rings. The second-order valence-electron chi connectivity index (χ2n) is 4.01. The quantitative estimate of drug-likeness (QED) is 0.399. The average Bonchev–Trinajstić information content (AvgIpc) is 2.87. The van der Waals surface area contributed by atoms with Crippen LogP contribution in [-0.4, -0.2) is 20.4 Å². The molecule has 0 fully saturated rings. The standard InChI is InChI=1S/C12H9N3O5S/c1-7(6-21)14-11(13-20-12(14)17)10(16)8-3-2-4-9(5-8)15(18)19/h2-6,21H,1H3/b7-6-. The van der Waals surface area contributed by atoms with Crippen LogP contribution in [0.1, 0.15) is 23.1 Å². The van der Waals surface area contributed by atoms with Gasteiger partial charge in [-0.3, -0.25) is 19.4 Å². The summed E-state index contributed by atoms with van der Waals surface area (Å²) in [6, 6.07) is 5.12. The van der Waals surface area contributed by atoms with Crippen molar-refractivity contribution in [1.29, 1.82) is 0 Å². The molecule has 108 valence electrons. The van der Waals surface area contributed by atoms with Crippen LogP contribution in [0.3, 0.4) is 0 Å². The zero-order valence-corrected chi connectivity index (χ0v) is 11.6. The van der Waals surface area contributed by atoms with E-state index in [4.69, 9.17) is 0 Å². The molecule has 9 heteroatoms. The maximum absolute atomic E-state index is 12.3. The highest BCUT2D eigenvalue weighted by Crippen LogP contribution is 2.16. The van der Waals surface area contributed by atoms with Crippen LogP contribution < -0.4 is 5.76 Å². The molecule has 0 atom stereocenters. The zero-order chi connectivity index (χ0) is 15.6. The van der Waals surface area contributed by atoms with Crippen molar-refractivity contribution >= 4 is 29.8 Å². The molecule has 1 aromatic heterocycles. The van der Waals surface area contributed by atoms with Gasteiger partial charge in [0, 0.05) is 23.4 Å². The predicted octanol–water partition coefficient (Wildman–Crippen LogP) is 1.72. The van der Waals surface area contributed by atoms with Crippen LogP contribution in [0.25, 0.3) is 5.70 Å². The van der Waals surface area contributed by atoms with Crippen LogP contribution in [0.2, 0.25) is 0 Å². The highest BCUT2D eigenvalue weighted by Gasteiger charge is 2.22. The van der Waals surface area contributed by atoms with Gasteiger partial charge < -0.3 is 0 Å². The number of carbonyl (C=O) groups is 1. The summed E-state index contributed by atoms with van der Waals surface area (Å²) >= 11 is 3.90. The van der Waals surface area contributed by atoms with Crippen LogP contribution >= 0.6 is 12.6 Å². The maximum atomic E-state index is 12.3. The Kier molecular flexibility index (Phi) is 4.03. The summed E-state index contributed by atoms with van der Waals surface area (Å²) in [6.07, 6.45) is 0. The number of aromatic nitrogens is 2. The first-order valence-corrected chi connectivity index (χ1v) is 6.16. The Hall–Kier alpha value is -2.68. The lowest BCUT2D eigenvalue weighted by Gasteiger charge is -2.03. The third kappa shape index (κ3) is 2.77. The molecule has 0 aliphatic heterocycles. The number of rotatable bonds is 4. The fraction of sp³-hybridized carbons (Fsp3) is 0.0833. The molecule has 1 aromatic carbocycles. The molecular weight excluding hydrogens is 298 g/mol. The Balaban J connectivity index is 2.54. The van der Waals surface area contributed by atoms with E-state index >= 15 is 0 Å². The normalized spacial score (nSPS) is 11.4. The number of allylic oxidation sites excluding steroid dienone is 1. The lowest BCUT2D eigenvalue weighted by molar-refractivity contribution is -0.384. The topological polar surface area (TPSA) is 108 Å². The first-order chi connectivity index (χ1) is 9.95. The summed E-state index contributed by atoms with van der Waals surface area (Å²) in [5, 5.41) is 15.4. The fourth-order valence-electron chi connectivity index (χ4n) is 1.65. The maximum Gasteiger partial charge on any atom is 0.446 e. The molecule has 0 saturated carbocycles. The van der Waals surface area contributed by atoms with Gasteiger partial charge in [-0.15, -0.1) is 12.6 Å². The molecule has 0 unspecified atom stereocenters. The molecule has 0 amide bonds. The minimum absolute atomic E-state index is 0.0261. The van der Waals surface area contributed by atoms with E-state index in [2.05, 4.69) is 22.3 Å². The van der Waals surface area contributed by atoms with Gasteiger partial charge in [0.25, 0.3) is 5.69 Å². The van der Waals surface area contributed by atoms with E-state index in [0.29, 0.717) is 5.70 Å². The van der Waals surface area contributed by atoms with Gasteiger partial charge >= 0.3 is 5.76 Å². The summed E-state index contributed by atoms with van der Waals surface area (Å²) in [7, 11) is 0. The van der Waals surface area contributed by atoms with Crippen LogP contribution in [0.4, 0.5) is 5.69 Å². The van der Waals surface area contributed by atoms with Crippen molar-refractivity contribution in [3.05, 3.63) is 61.7 Å².